The molecule has 0 aliphatic carbocycles. The van der Waals surface area contributed by atoms with Crippen LogP contribution in [0.15, 0.2) is 24.3 Å². The third-order valence-electron chi connectivity index (χ3n) is 3.29. The van der Waals surface area contributed by atoms with Gasteiger partial charge in [0.2, 0.25) is 0 Å². The fourth-order valence-electron chi connectivity index (χ4n) is 2.33. The molecule has 0 amide bonds. The lowest BCUT2D eigenvalue weighted by molar-refractivity contribution is -0.139. The number of carboxylic acid groups (broad SMARTS) is 1. The van der Waals surface area contributed by atoms with Crippen LogP contribution in [0.25, 0.3) is 0 Å². The average molecular weight is 219 g/mol. The molecule has 1 fully saturated rings. The van der Waals surface area contributed by atoms with Gasteiger partial charge in [0.05, 0.1) is 0 Å². The fourth-order valence-corrected chi connectivity index (χ4v) is 2.33. The first-order chi connectivity index (χ1) is 7.58. The summed E-state index contributed by atoms with van der Waals surface area (Å²) >= 11 is 0. The number of rotatable bonds is 2. The lowest BCUT2D eigenvalue weighted by atomic mass is 9.95. The molecule has 1 aliphatic heterocycles. The molecule has 3 nitrogen and oxygen atoms in total. The van der Waals surface area contributed by atoms with Gasteiger partial charge in [0.1, 0.15) is 6.04 Å². The van der Waals surface area contributed by atoms with Crippen LogP contribution in [0.2, 0.25) is 0 Å². The van der Waals surface area contributed by atoms with Gasteiger partial charge in [-0.05, 0) is 24.8 Å². The normalized spacial score (nSPS) is 29.2. The number of aryl methyl sites for hydroxylation is 1. The molecular weight excluding hydrogens is 202 g/mol. The number of hydrogen-bond acceptors (Lipinski definition) is 2. The van der Waals surface area contributed by atoms with Crippen molar-refractivity contribution in [3.05, 3.63) is 35.4 Å². The molecule has 2 N–H and O–H groups in total. The molecule has 1 aromatic rings. The van der Waals surface area contributed by atoms with E-state index in [1.54, 1.807) is 0 Å². The maximum absolute atomic E-state index is 10.9. The second kappa shape index (κ2) is 4.26. The summed E-state index contributed by atoms with van der Waals surface area (Å²) in [5, 5.41) is 12.2. The second-order valence-electron chi connectivity index (χ2n) is 4.66. The number of nitrogens with one attached hydrogen (secondary N) is 1. The quantitative estimate of drug-likeness (QED) is 0.801. The van der Waals surface area contributed by atoms with E-state index < -0.39 is 12.0 Å². The summed E-state index contributed by atoms with van der Waals surface area (Å²) < 4.78 is 0. The first kappa shape index (κ1) is 11.1. The van der Waals surface area contributed by atoms with Crippen molar-refractivity contribution in [2.45, 2.75) is 32.4 Å². The predicted molar refractivity (Wildman–Crippen MR) is 62.3 cm³/mol. The minimum Gasteiger partial charge on any atom is -0.480 e. The Hall–Kier alpha value is -1.35. The van der Waals surface area contributed by atoms with Gasteiger partial charge < -0.3 is 5.11 Å². The molecule has 86 valence electrons. The van der Waals surface area contributed by atoms with Gasteiger partial charge in [0.25, 0.3) is 0 Å². The van der Waals surface area contributed by atoms with Crippen LogP contribution in [0.5, 0.6) is 0 Å². The van der Waals surface area contributed by atoms with E-state index in [2.05, 4.69) is 43.4 Å². The Labute approximate surface area is 95.5 Å². The lowest BCUT2D eigenvalue weighted by Crippen LogP contribution is -2.31. The van der Waals surface area contributed by atoms with Gasteiger partial charge >= 0.3 is 5.97 Å². The minimum absolute atomic E-state index is 0.168. The molecule has 1 aliphatic rings. The van der Waals surface area contributed by atoms with Crippen LogP contribution in [-0.4, -0.2) is 17.1 Å². The second-order valence-corrected chi connectivity index (χ2v) is 4.66. The highest BCUT2D eigenvalue weighted by Gasteiger charge is 2.35. The van der Waals surface area contributed by atoms with Crippen LogP contribution in [0.4, 0.5) is 0 Å². The molecule has 0 saturated carbocycles. The van der Waals surface area contributed by atoms with Crippen LogP contribution in [0.1, 0.15) is 30.5 Å². The van der Waals surface area contributed by atoms with Crippen LogP contribution in [-0.2, 0) is 4.79 Å². The maximum Gasteiger partial charge on any atom is 0.320 e. The van der Waals surface area contributed by atoms with Crippen molar-refractivity contribution >= 4 is 5.97 Å². The predicted octanol–water partition coefficient (Wildman–Crippen LogP) is 2.12. The van der Waals surface area contributed by atoms with Crippen molar-refractivity contribution in [2.75, 3.05) is 0 Å². The largest absolute Gasteiger partial charge is 0.480 e. The third kappa shape index (κ3) is 2.09. The lowest BCUT2D eigenvalue weighted by Gasteiger charge is -2.16. The molecule has 1 heterocycles. The van der Waals surface area contributed by atoms with Gasteiger partial charge in [-0.15, -0.1) is 0 Å². The Kier molecular flexibility index (Phi) is 2.97. The number of carboxylic acids is 1. The number of benzene rings is 1. The first-order valence-corrected chi connectivity index (χ1v) is 5.63. The van der Waals surface area contributed by atoms with E-state index in [4.69, 9.17) is 5.11 Å². The van der Waals surface area contributed by atoms with E-state index in [0.29, 0.717) is 12.3 Å². The molecule has 3 heteroatoms. The van der Waals surface area contributed by atoms with E-state index in [0.717, 1.165) is 0 Å². The molecular formula is C13H17NO2. The zero-order valence-corrected chi connectivity index (χ0v) is 9.60. The topological polar surface area (TPSA) is 49.3 Å². The van der Waals surface area contributed by atoms with Gasteiger partial charge in [-0.2, -0.15) is 0 Å². The summed E-state index contributed by atoms with van der Waals surface area (Å²) in [6.45, 7) is 4.15. The Morgan fingerprint density at radius 1 is 1.38 bits per heavy atom. The summed E-state index contributed by atoms with van der Waals surface area (Å²) in [6, 6.07) is 8.06. The third-order valence-corrected chi connectivity index (χ3v) is 3.29. The molecule has 0 bridgehead atoms. The molecule has 0 aromatic heterocycles. The molecule has 0 radical (unpaired) electrons. The van der Waals surface area contributed by atoms with Crippen LogP contribution >= 0.6 is 0 Å². The molecule has 1 aromatic carbocycles. The number of hydrogen-bond donors (Lipinski definition) is 2. The van der Waals surface area contributed by atoms with Crippen molar-refractivity contribution in [1.29, 1.82) is 0 Å². The first-order valence-electron chi connectivity index (χ1n) is 5.63. The fraction of sp³-hybridized carbons (Fsp3) is 0.462. The smallest absolute Gasteiger partial charge is 0.320 e. The van der Waals surface area contributed by atoms with E-state index >= 15 is 0 Å². The minimum atomic E-state index is -0.749. The molecule has 16 heavy (non-hydrogen) atoms. The zero-order valence-electron chi connectivity index (χ0n) is 9.60. The Balaban J connectivity index is 2.16. The standard InChI is InChI=1S/C13H17NO2/c1-8-3-5-10(6-4-8)12-9(2)7-11(14-12)13(15)16/h3-6,9,11-12,14H,7H2,1-2H3,(H,15,16). The molecule has 3 atom stereocenters. The Morgan fingerprint density at radius 3 is 2.50 bits per heavy atom. The van der Waals surface area contributed by atoms with Crippen molar-refractivity contribution < 1.29 is 9.90 Å². The SMILES string of the molecule is Cc1ccc(C2NC(C(=O)O)CC2C)cc1. The molecule has 2 rings (SSSR count). The highest BCUT2D eigenvalue weighted by Crippen LogP contribution is 2.32. The summed E-state index contributed by atoms with van der Waals surface area (Å²) in [6.07, 6.45) is 0.702. The van der Waals surface area contributed by atoms with Gasteiger partial charge in [-0.25, -0.2) is 0 Å². The molecule has 0 spiro atoms. The van der Waals surface area contributed by atoms with Crippen LogP contribution < -0.4 is 5.32 Å². The van der Waals surface area contributed by atoms with Gasteiger partial charge in [0, 0.05) is 6.04 Å². The monoisotopic (exact) mass is 219 g/mol. The highest BCUT2D eigenvalue weighted by atomic mass is 16.4. The number of aliphatic carboxylic acids is 1. The molecule has 3 unspecified atom stereocenters. The number of carbonyl (C=O) groups is 1. The van der Waals surface area contributed by atoms with Gasteiger partial charge in [-0.1, -0.05) is 36.8 Å². The van der Waals surface area contributed by atoms with Gasteiger partial charge in [0.15, 0.2) is 0 Å². The van der Waals surface area contributed by atoms with Crippen molar-refractivity contribution in [1.82, 2.24) is 5.32 Å². The van der Waals surface area contributed by atoms with E-state index in [1.807, 2.05) is 0 Å². The van der Waals surface area contributed by atoms with E-state index in [1.165, 1.54) is 11.1 Å². The van der Waals surface area contributed by atoms with Crippen molar-refractivity contribution in [2.24, 2.45) is 5.92 Å². The summed E-state index contributed by atoms with van der Waals surface area (Å²) in [7, 11) is 0. The average Bonchev–Trinajstić information content (AvgIpc) is 2.62. The maximum atomic E-state index is 10.9. The van der Waals surface area contributed by atoms with Crippen LogP contribution in [0.3, 0.4) is 0 Å². The van der Waals surface area contributed by atoms with Gasteiger partial charge in [-0.3, -0.25) is 10.1 Å². The van der Waals surface area contributed by atoms with Crippen LogP contribution in [0, 0.1) is 12.8 Å². The molecule has 1 saturated heterocycles. The summed E-state index contributed by atoms with van der Waals surface area (Å²) in [5.41, 5.74) is 2.41. The Morgan fingerprint density at radius 2 is 2.00 bits per heavy atom. The summed E-state index contributed by atoms with van der Waals surface area (Å²) in [5.74, 6) is -0.384. The van der Waals surface area contributed by atoms with Crippen molar-refractivity contribution in [3.8, 4) is 0 Å². The van der Waals surface area contributed by atoms with E-state index in [9.17, 15) is 4.79 Å². The zero-order chi connectivity index (χ0) is 11.7. The highest BCUT2D eigenvalue weighted by molar-refractivity contribution is 5.74. The van der Waals surface area contributed by atoms with E-state index in [-0.39, 0.29) is 6.04 Å². The summed E-state index contributed by atoms with van der Waals surface area (Å²) in [4.78, 5) is 10.9. The Bertz CT molecular complexity index is 385. The van der Waals surface area contributed by atoms with Crippen molar-refractivity contribution in [3.63, 3.8) is 0 Å².